The Morgan fingerprint density at radius 3 is 2.70 bits per heavy atom. The van der Waals surface area contributed by atoms with E-state index < -0.39 is 0 Å². The minimum atomic E-state index is -0.206. The van der Waals surface area contributed by atoms with Gasteiger partial charge in [0.1, 0.15) is 17.3 Å². The van der Waals surface area contributed by atoms with Crippen LogP contribution >= 0.6 is 11.6 Å². The van der Waals surface area contributed by atoms with E-state index in [-0.39, 0.29) is 5.91 Å². The van der Waals surface area contributed by atoms with Crippen molar-refractivity contribution in [3.8, 4) is 5.75 Å². The molecule has 0 bridgehead atoms. The van der Waals surface area contributed by atoms with Crippen molar-refractivity contribution in [3.63, 3.8) is 0 Å². The van der Waals surface area contributed by atoms with Gasteiger partial charge in [-0.25, -0.2) is 4.99 Å². The number of nitrogens with zero attached hydrogens (tertiary/aromatic N) is 1. The summed E-state index contributed by atoms with van der Waals surface area (Å²) < 4.78 is 5.12. The fraction of sp³-hybridized carbons (Fsp3) is 0.111. The van der Waals surface area contributed by atoms with Crippen LogP contribution in [0.4, 0.5) is 0 Å². The number of hydrogen-bond donors (Lipinski definition) is 1. The maximum absolute atomic E-state index is 12.0. The molecule has 1 amide bonds. The smallest absolute Gasteiger partial charge is 0.275 e. The van der Waals surface area contributed by atoms with Crippen molar-refractivity contribution in [2.24, 2.45) is 4.99 Å². The number of carbonyl (C=O) groups is 1. The van der Waals surface area contributed by atoms with E-state index in [1.54, 1.807) is 25.3 Å². The molecule has 2 aromatic rings. The minimum absolute atomic E-state index is 0.206. The number of amidine groups is 1. The van der Waals surface area contributed by atoms with Gasteiger partial charge in [-0.1, -0.05) is 48.0 Å². The van der Waals surface area contributed by atoms with E-state index in [4.69, 9.17) is 16.3 Å². The number of hydrogen-bond acceptors (Lipinski definition) is 3. The van der Waals surface area contributed by atoms with Crippen molar-refractivity contribution in [3.05, 3.63) is 70.4 Å². The molecule has 0 unspecified atom stereocenters. The molecule has 2 aromatic carbocycles. The Labute approximate surface area is 139 Å². The van der Waals surface area contributed by atoms with Crippen LogP contribution in [0.15, 0.2) is 59.2 Å². The summed E-state index contributed by atoms with van der Waals surface area (Å²) in [6, 6.07) is 15.2. The van der Waals surface area contributed by atoms with Gasteiger partial charge in [0.2, 0.25) is 0 Å². The highest BCUT2D eigenvalue weighted by Gasteiger charge is 2.20. The number of carbonyl (C=O) groups excluding carboxylic acids is 1. The lowest BCUT2D eigenvalue weighted by Crippen LogP contribution is -2.25. The van der Waals surface area contributed by atoms with Crippen LogP contribution < -0.4 is 10.1 Å². The normalized spacial score (nSPS) is 15.5. The highest BCUT2D eigenvalue weighted by Crippen LogP contribution is 2.26. The van der Waals surface area contributed by atoms with Crippen LogP contribution in [0.2, 0.25) is 5.02 Å². The molecule has 0 atom stereocenters. The van der Waals surface area contributed by atoms with E-state index in [9.17, 15) is 4.79 Å². The fourth-order valence-corrected chi connectivity index (χ4v) is 2.59. The van der Waals surface area contributed by atoms with Gasteiger partial charge in [-0.05, 0) is 29.3 Å². The number of rotatable bonds is 4. The third kappa shape index (κ3) is 3.60. The average Bonchev–Trinajstić information content (AvgIpc) is 2.88. The summed E-state index contributed by atoms with van der Waals surface area (Å²) >= 11 is 6.10. The van der Waals surface area contributed by atoms with Crippen LogP contribution in [-0.4, -0.2) is 18.9 Å². The second-order valence-corrected chi connectivity index (χ2v) is 5.51. The first-order valence-corrected chi connectivity index (χ1v) is 7.51. The standard InChI is InChI=1S/C18H15ClN2O2/c1-23-16-8-7-13(9-14(16)19)10-15-18(22)21-17(20-15)11-12-5-3-2-4-6-12/h2-10H,11H2,1H3,(H,20,21,22)/b15-10+. The molecule has 0 saturated heterocycles. The monoisotopic (exact) mass is 326 g/mol. The highest BCUT2D eigenvalue weighted by molar-refractivity contribution is 6.32. The average molecular weight is 327 g/mol. The summed E-state index contributed by atoms with van der Waals surface area (Å²) in [6.45, 7) is 0. The molecule has 23 heavy (non-hydrogen) atoms. The van der Waals surface area contributed by atoms with E-state index in [2.05, 4.69) is 10.3 Å². The summed E-state index contributed by atoms with van der Waals surface area (Å²) in [4.78, 5) is 16.4. The fourth-order valence-electron chi connectivity index (χ4n) is 2.32. The first-order valence-electron chi connectivity index (χ1n) is 7.14. The van der Waals surface area contributed by atoms with Gasteiger partial charge in [-0.15, -0.1) is 0 Å². The molecule has 0 aromatic heterocycles. The zero-order valence-corrected chi connectivity index (χ0v) is 13.3. The van der Waals surface area contributed by atoms with Gasteiger partial charge in [-0.3, -0.25) is 4.79 Å². The third-order valence-electron chi connectivity index (χ3n) is 3.44. The molecule has 1 N–H and O–H groups in total. The maximum atomic E-state index is 12.0. The number of aliphatic imine (C=N–C) groups is 1. The number of halogens is 1. The zero-order chi connectivity index (χ0) is 16.2. The van der Waals surface area contributed by atoms with Crippen molar-refractivity contribution < 1.29 is 9.53 Å². The Hall–Kier alpha value is -2.59. The van der Waals surface area contributed by atoms with Crippen molar-refractivity contribution >= 4 is 29.4 Å². The predicted octanol–water partition coefficient (Wildman–Crippen LogP) is 3.46. The second kappa shape index (κ2) is 6.67. The van der Waals surface area contributed by atoms with Gasteiger partial charge in [-0.2, -0.15) is 0 Å². The molecule has 1 heterocycles. The second-order valence-electron chi connectivity index (χ2n) is 5.10. The highest BCUT2D eigenvalue weighted by atomic mass is 35.5. The Morgan fingerprint density at radius 2 is 2.00 bits per heavy atom. The molecule has 3 rings (SSSR count). The van der Waals surface area contributed by atoms with Crippen molar-refractivity contribution in [2.45, 2.75) is 6.42 Å². The van der Waals surface area contributed by atoms with E-state index in [0.717, 1.165) is 11.1 Å². The van der Waals surface area contributed by atoms with Crippen LogP contribution in [0.5, 0.6) is 5.75 Å². The quantitative estimate of drug-likeness (QED) is 0.875. The predicted molar refractivity (Wildman–Crippen MR) is 91.7 cm³/mol. The van der Waals surface area contributed by atoms with Crippen LogP contribution in [0.1, 0.15) is 11.1 Å². The van der Waals surface area contributed by atoms with Crippen LogP contribution in [0.3, 0.4) is 0 Å². The summed E-state index contributed by atoms with van der Waals surface area (Å²) in [5.74, 6) is 1.04. The van der Waals surface area contributed by atoms with Crippen LogP contribution in [0.25, 0.3) is 6.08 Å². The van der Waals surface area contributed by atoms with Gasteiger partial charge in [0.15, 0.2) is 0 Å². The summed E-state index contributed by atoms with van der Waals surface area (Å²) in [7, 11) is 1.56. The lowest BCUT2D eigenvalue weighted by molar-refractivity contribution is -0.115. The van der Waals surface area contributed by atoms with Gasteiger partial charge >= 0.3 is 0 Å². The molecule has 1 aliphatic rings. The molecule has 4 nitrogen and oxygen atoms in total. The Morgan fingerprint density at radius 1 is 1.22 bits per heavy atom. The van der Waals surface area contributed by atoms with Crippen LogP contribution in [-0.2, 0) is 11.2 Å². The molecule has 0 radical (unpaired) electrons. The molecular weight excluding hydrogens is 312 g/mol. The SMILES string of the molecule is COc1ccc(/C=C2/N=C(Cc3ccccc3)NC2=O)cc1Cl. The van der Waals surface area contributed by atoms with Gasteiger partial charge in [0, 0.05) is 6.42 Å². The topological polar surface area (TPSA) is 50.7 Å². The molecule has 5 heteroatoms. The molecular formula is C18H15ClN2O2. The Kier molecular flexibility index (Phi) is 4.44. The molecule has 0 fully saturated rings. The van der Waals surface area contributed by atoms with E-state index in [1.807, 2.05) is 36.4 Å². The number of amides is 1. The summed E-state index contributed by atoms with van der Waals surface area (Å²) in [5.41, 5.74) is 2.27. The van der Waals surface area contributed by atoms with Gasteiger partial charge in [0.25, 0.3) is 5.91 Å². The van der Waals surface area contributed by atoms with E-state index >= 15 is 0 Å². The number of benzene rings is 2. The Balaban J connectivity index is 1.82. The lowest BCUT2D eigenvalue weighted by Gasteiger charge is -2.03. The minimum Gasteiger partial charge on any atom is -0.495 e. The van der Waals surface area contributed by atoms with Crippen molar-refractivity contribution in [1.29, 1.82) is 0 Å². The molecule has 0 saturated carbocycles. The maximum Gasteiger partial charge on any atom is 0.275 e. The third-order valence-corrected chi connectivity index (χ3v) is 3.73. The number of nitrogens with one attached hydrogen (secondary N) is 1. The van der Waals surface area contributed by atoms with Gasteiger partial charge < -0.3 is 10.1 Å². The van der Waals surface area contributed by atoms with Crippen LogP contribution in [0, 0.1) is 0 Å². The molecule has 116 valence electrons. The number of ether oxygens (including phenoxy) is 1. The first kappa shape index (κ1) is 15.3. The summed E-state index contributed by atoms with van der Waals surface area (Å²) in [6.07, 6.45) is 2.30. The van der Waals surface area contributed by atoms with E-state index in [0.29, 0.717) is 28.7 Å². The lowest BCUT2D eigenvalue weighted by atomic mass is 10.1. The molecule has 1 aliphatic heterocycles. The number of methoxy groups -OCH3 is 1. The molecule has 0 spiro atoms. The van der Waals surface area contributed by atoms with Gasteiger partial charge in [0.05, 0.1) is 12.1 Å². The summed E-state index contributed by atoms with van der Waals surface area (Å²) in [5, 5.41) is 3.29. The largest absolute Gasteiger partial charge is 0.495 e. The van der Waals surface area contributed by atoms with E-state index in [1.165, 1.54) is 0 Å². The van der Waals surface area contributed by atoms with Crippen molar-refractivity contribution in [2.75, 3.05) is 7.11 Å². The molecule has 0 aliphatic carbocycles. The zero-order valence-electron chi connectivity index (χ0n) is 12.5. The Bertz CT molecular complexity index is 798. The van der Waals surface area contributed by atoms with Crippen molar-refractivity contribution in [1.82, 2.24) is 5.32 Å². The first-order chi connectivity index (χ1) is 11.2.